The van der Waals surface area contributed by atoms with Gasteiger partial charge in [-0.25, -0.2) is 4.79 Å². The van der Waals surface area contributed by atoms with E-state index in [0.717, 1.165) is 44.1 Å². The number of methoxy groups -OCH3 is 3. The van der Waals surface area contributed by atoms with E-state index in [1.807, 2.05) is 58.1 Å². The van der Waals surface area contributed by atoms with Crippen LogP contribution in [0.25, 0.3) is 0 Å². The summed E-state index contributed by atoms with van der Waals surface area (Å²) in [4.78, 5) is 72.5. The summed E-state index contributed by atoms with van der Waals surface area (Å²) in [5.41, 5.74) is 1.28. The van der Waals surface area contributed by atoms with Gasteiger partial charge >= 0.3 is 5.97 Å². The number of ketones is 3. The number of fused-ring (bicyclic) bond motifs is 3. The maximum atomic E-state index is 14.5. The van der Waals surface area contributed by atoms with Crippen LogP contribution < -0.4 is 0 Å². The van der Waals surface area contributed by atoms with Crippen molar-refractivity contribution in [3.63, 3.8) is 0 Å². The molecule has 72 heavy (non-hydrogen) atoms. The van der Waals surface area contributed by atoms with Gasteiger partial charge in [0, 0.05) is 71.7 Å². The number of allylic oxidation sites excluding steroid dienone is 6. The van der Waals surface area contributed by atoms with Crippen molar-refractivity contribution in [2.75, 3.05) is 41.1 Å². The molecule has 1 aliphatic carbocycles. The second kappa shape index (κ2) is 30.2. The lowest BCUT2D eigenvalue weighted by molar-refractivity contribution is -0.265. The maximum absolute atomic E-state index is 14.5. The van der Waals surface area contributed by atoms with Gasteiger partial charge in [0.2, 0.25) is 5.79 Å². The van der Waals surface area contributed by atoms with Crippen LogP contribution in [0.4, 0.5) is 0 Å². The Bertz CT molecular complexity index is 1880. The Morgan fingerprint density at radius 3 is 2.25 bits per heavy atom. The zero-order valence-corrected chi connectivity index (χ0v) is 45.3. The number of ether oxygens (including phenoxy) is 6. The lowest BCUT2D eigenvalue weighted by atomic mass is 9.78. The van der Waals surface area contributed by atoms with Crippen molar-refractivity contribution in [3.05, 3.63) is 47.6 Å². The molecule has 4 aliphatic rings. The van der Waals surface area contributed by atoms with Gasteiger partial charge in [0.15, 0.2) is 5.78 Å². The van der Waals surface area contributed by atoms with Gasteiger partial charge in [-0.05, 0) is 120 Å². The maximum Gasteiger partial charge on any atom is 0.329 e. The molecule has 408 valence electrons. The van der Waals surface area contributed by atoms with Gasteiger partial charge < -0.3 is 48.6 Å². The number of aliphatic hydroxyl groups excluding tert-OH is 2. The van der Waals surface area contributed by atoms with Crippen molar-refractivity contribution in [1.29, 1.82) is 0 Å². The number of cyclic esters (lactones) is 1. The highest BCUT2D eigenvalue weighted by Gasteiger charge is 2.53. The number of esters is 1. The third-order valence-electron chi connectivity index (χ3n) is 15.8. The lowest BCUT2D eigenvalue weighted by Gasteiger charge is -2.42. The molecule has 0 aromatic heterocycles. The summed E-state index contributed by atoms with van der Waals surface area (Å²) in [5.74, 6) is -7.85. The molecule has 0 spiro atoms. The molecule has 1 saturated carbocycles. The number of rotatable bonds is 13. The quantitative estimate of drug-likeness (QED) is 0.0699. The summed E-state index contributed by atoms with van der Waals surface area (Å²) in [6.07, 6.45) is 16.1. The average Bonchev–Trinajstić information content (AvgIpc) is 3.36. The first-order valence-electron chi connectivity index (χ1n) is 27.0. The number of nitrogens with zero attached hydrogens (tertiary/aromatic N) is 1. The van der Waals surface area contributed by atoms with E-state index in [1.165, 1.54) is 12.0 Å². The zero-order valence-electron chi connectivity index (χ0n) is 45.3. The molecule has 15 heteroatoms. The van der Waals surface area contributed by atoms with Gasteiger partial charge in [-0.2, -0.15) is 0 Å². The Morgan fingerprint density at radius 2 is 1.56 bits per heavy atom. The van der Waals surface area contributed by atoms with E-state index in [0.29, 0.717) is 63.5 Å². The number of hydrogen-bond donors (Lipinski definition) is 3. The highest BCUT2D eigenvalue weighted by atomic mass is 16.6. The smallest absolute Gasteiger partial charge is 0.329 e. The Morgan fingerprint density at radius 1 is 0.819 bits per heavy atom. The van der Waals surface area contributed by atoms with E-state index >= 15 is 0 Å². The van der Waals surface area contributed by atoms with E-state index in [9.17, 15) is 34.2 Å². The second-order valence-electron chi connectivity index (χ2n) is 21.6. The Labute approximate surface area is 430 Å². The van der Waals surface area contributed by atoms with Crippen LogP contribution >= 0.6 is 0 Å². The van der Waals surface area contributed by atoms with Crippen LogP contribution in [0.15, 0.2) is 47.6 Å². The predicted molar refractivity (Wildman–Crippen MR) is 274 cm³/mol. The van der Waals surface area contributed by atoms with E-state index in [1.54, 1.807) is 41.1 Å². The fourth-order valence-electron chi connectivity index (χ4n) is 11.1. The molecule has 15 nitrogen and oxygen atoms in total. The van der Waals surface area contributed by atoms with Crippen molar-refractivity contribution >= 4 is 29.2 Å². The van der Waals surface area contributed by atoms with Crippen LogP contribution in [0, 0.1) is 35.5 Å². The summed E-state index contributed by atoms with van der Waals surface area (Å²) in [6.45, 7) is 13.7. The van der Waals surface area contributed by atoms with Crippen LogP contribution in [-0.2, 0) is 52.4 Å². The van der Waals surface area contributed by atoms with Gasteiger partial charge in [-0.3, -0.25) is 19.2 Å². The lowest BCUT2D eigenvalue weighted by Crippen LogP contribution is -2.61. The summed E-state index contributed by atoms with van der Waals surface area (Å²) < 4.78 is 36.2. The largest absolute Gasteiger partial charge is 0.460 e. The van der Waals surface area contributed by atoms with Crippen LogP contribution in [-0.4, -0.2) is 145 Å². The first-order valence-corrected chi connectivity index (χ1v) is 27.0. The number of amides is 1. The van der Waals surface area contributed by atoms with E-state index in [2.05, 4.69) is 0 Å². The van der Waals surface area contributed by atoms with Crippen LogP contribution in [0.1, 0.15) is 151 Å². The molecule has 2 bridgehead atoms. The van der Waals surface area contributed by atoms with E-state index in [-0.39, 0.29) is 67.5 Å². The van der Waals surface area contributed by atoms with Crippen LogP contribution in [0.2, 0.25) is 0 Å². The summed E-state index contributed by atoms with van der Waals surface area (Å²) in [6, 6.07) is -1.14. The molecule has 0 aromatic rings. The Hall–Kier alpha value is -3.41. The second-order valence-corrected chi connectivity index (χ2v) is 21.6. The average molecular weight is 1010 g/mol. The number of carbonyl (C=O) groups excluding carboxylic acids is 5. The minimum Gasteiger partial charge on any atom is -0.460 e. The Kier molecular flexibility index (Phi) is 25.7. The van der Waals surface area contributed by atoms with Gasteiger partial charge in [-0.1, -0.05) is 83.9 Å². The SMILES string of the molecule is CO[C@H]1C[C@@H]2CC[C@@H](C)[C@@](O)(O2)C(=O)C(=O)N2CCCC[C@H]2C(=O)O[C@H]([C@H](C)C[C@H]2CC[C@@H](OCCCCCCO)[C@H](OC)C2)CC(=O)[C@H](C)/C=C(\C)[C@@H](O)[C@@H](OC)C(=O)[C@H](C)C[C@H](C)\C=C/C=C/C=C/1C. The standard InChI is InChI=1S/C57H91NO14/c1-36-20-14-13-15-21-37(2)48(67-8)34-44-25-23-42(7)57(66,72-44)54(63)55(64)58-27-17-16-22-45(58)56(65)71-49(35-46(60)38(3)31-41(6)52(62)53(69-10)51(61)40(5)30-36)39(4)32-43-24-26-47(50(33-43)68-9)70-29-19-12-11-18-28-59/h13-15,20-21,31,36,38-40,42-45,47-50,52-53,59,62,66H,11-12,16-19,22-30,32-35H2,1-10H3/b15-13+,20-14-,37-21+,41-31+/t36-,38-,39-,40-,42-,43-,44+,45+,47-,48+,49+,50-,52-,53+,57-/m1/s1. The topological polar surface area (TPSA) is 205 Å². The van der Waals surface area contributed by atoms with Gasteiger partial charge in [0.25, 0.3) is 11.7 Å². The minimum absolute atomic E-state index is 0.0173. The first kappa shape index (κ1) is 61.1. The summed E-state index contributed by atoms with van der Waals surface area (Å²) in [5, 5.41) is 32.7. The molecule has 3 N–H and O–H groups in total. The fourth-order valence-corrected chi connectivity index (χ4v) is 11.1. The third-order valence-corrected chi connectivity index (χ3v) is 15.8. The van der Waals surface area contributed by atoms with Crippen molar-refractivity contribution < 1.29 is 67.7 Å². The molecule has 4 rings (SSSR count). The molecule has 3 fully saturated rings. The molecule has 0 radical (unpaired) electrons. The fraction of sp³-hybridized carbons (Fsp3) is 0.772. The molecule has 0 unspecified atom stereocenters. The number of hydrogen-bond acceptors (Lipinski definition) is 14. The minimum atomic E-state index is -2.43. The van der Waals surface area contributed by atoms with Gasteiger partial charge in [-0.15, -0.1) is 0 Å². The number of carbonyl (C=O) groups is 5. The van der Waals surface area contributed by atoms with Crippen LogP contribution in [0.5, 0.6) is 0 Å². The molecular formula is C57H91NO14. The summed E-state index contributed by atoms with van der Waals surface area (Å²) >= 11 is 0. The summed E-state index contributed by atoms with van der Waals surface area (Å²) in [7, 11) is 4.65. The molecular weight excluding hydrogens is 923 g/mol. The van der Waals surface area contributed by atoms with Crippen molar-refractivity contribution in [2.45, 2.75) is 206 Å². The molecule has 3 heterocycles. The third kappa shape index (κ3) is 17.3. The van der Waals surface area contributed by atoms with E-state index < -0.39 is 77.8 Å². The highest BCUT2D eigenvalue weighted by molar-refractivity contribution is 6.39. The van der Waals surface area contributed by atoms with Gasteiger partial charge in [0.1, 0.15) is 30.1 Å². The van der Waals surface area contributed by atoms with E-state index in [4.69, 9.17) is 33.5 Å². The normalized spacial score (nSPS) is 37.7. The molecule has 1 amide bonds. The predicted octanol–water partition coefficient (Wildman–Crippen LogP) is 7.76. The van der Waals surface area contributed by atoms with Crippen molar-refractivity contribution in [1.82, 2.24) is 4.90 Å². The zero-order chi connectivity index (χ0) is 53.1. The molecule has 2 saturated heterocycles. The molecule has 0 aromatic carbocycles. The van der Waals surface area contributed by atoms with Crippen LogP contribution in [0.3, 0.4) is 0 Å². The number of aliphatic hydroxyl groups is 3. The molecule has 15 atom stereocenters. The number of Topliss-reactive ketones (excluding diaryl/α,β-unsaturated/α-hetero) is 3. The van der Waals surface area contributed by atoms with Crippen molar-refractivity contribution in [2.24, 2.45) is 35.5 Å². The Balaban J connectivity index is 1.66. The highest BCUT2D eigenvalue weighted by Crippen LogP contribution is 2.38. The van der Waals surface area contributed by atoms with Gasteiger partial charge in [0.05, 0.1) is 24.4 Å². The number of piperidine rings is 1. The first-order chi connectivity index (χ1) is 34.3. The monoisotopic (exact) mass is 1010 g/mol. The number of unbranched alkanes of at least 4 members (excludes halogenated alkanes) is 3. The molecule has 3 aliphatic heterocycles. The van der Waals surface area contributed by atoms with Crippen molar-refractivity contribution in [3.8, 4) is 0 Å².